The zero-order valence-electron chi connectivity index (χ0n) is 19.4. The lowest BCUT2D eigenvalue weighted by atomic mass is 9.99. The Morgan fingerprint density at radius 2 is 1.91 bits per heavy atom. The number of carbonyl (C=O) groups is 1. The molecule has 0 amide bonds. The molecule has 0 aliphatic heterocycles. The number of nitrogens with one attached hydrogen (secondary N) is 2. The van der Waals surface area contributed by atoms with Gasteiger partial charge in [0.1, 0.15) is 5.75 Å². The first kappa shape index (κ1) is 23.1. The summed E-state index contributed by atoms with van der Waals surface area (Å²) < 4.78 is 2.17. The van der Waals surface area contributed by atoms with Gasteiger partial charge in [-0.15, -0.1) is 0 Å². The molecule has 3 aromatic rings. The first-order chi connectivity index (χ1) is 15.9. The highest BCUT2D eigenvalue weighted by Crippen LogP contribution is 2.32. The SMILES string of the molecule is CCc1c(-c2ccc3c(c2)cc(CNCC2CCCCCC2)n3C)[nH]c(=O)c(C(=O)O)c1O. The number of carboxylic acid groups (broad SMARTS) is 1. The quantitative estimate of drug-likeness (QED) is 0.394. The maximum absolute atomic E-state index is 12.3. The van der Waals surface area contributed by atoms with E-state index in [1.54, 1.807) is 0 Å². The number of carboxylic acids is 1. The van der Waals surface area contributed by atoms with Crippen LogP contribution >= 0.6 is 0 Å². The summed E-state index contributed by atoms with van der Waals surface area (Å²) >= 11 is 0. The van der Waals surface area contributed by atoms with Gasteiger partial charge in [-0.3, -0.25) is 4.79 Å². The van der Waals surface area contributed by atoms with Crippen LogP contribution in [0, 0.1) is 5.92 Å². The van der Waals surface area contributed by atoms with Crippen LogP contribution in [0.15, 0.2) is 29.1 Å². The van der Waals surface area contributed by atoms with Crippen molar-refractivity contribution in [1.82, 2.24) is 14.9 Å². The van der Waals surface area contributed by atoms with Crippen LogP contribution in [0.2, 0.25) is 0 Å². The second kappa shape index (κ2) is 9.83. The molecule has 33 heavy (non-hydrogen) atoms. The number of nitrogens with zero attached hydrogens (tertiary/aromatic N) is 1. The third-order valence-corrected chi connectivity index (χ3v) is 7.00. The molecule has 0 atom stereocenters. The van der Waals surface area contributed by atoms with Gasteiger partial charge in [0.25, 0.3) is 5.56 Å². The molecule has 2 heterocycles. The van der Waals surface area contributed by atoms with Crippen molar-refractivity contribution in [2.45, 2.75) is 58.4 Å². The highest BCUT2D eigenvalue weighted by atomic mass is 16.4. The second-order valence-electron chi connectivity index (χ2n) is 9.15. The summed E-state index contributed by atoms with van der Waals surface area (Å²) in [6, 6.07) is 8.03. The van der Waals surface area contributed by atoms with Gasteiger partial charge < -0.3 is 25.1 Å². The monoisotopic (exact) mass is 451 g/mol. The zero-order valence-corrected chi connectivity index (χ0v) is 19.4. The third-order valence-electron chi connectivity index (χ3n) is 7.00. The lowest BCUT2D eigenvalue weighted by Gasteiger charge is -2.15. The van der Waals surface area contributed by atoms with E-state index in [-0.39, 0.29) is 0 Å². The Balaban J connectivity index is 1.60. The molecular weight excluding hydrogens is 418 g/mol. The highest BCUT2D eigenvalue weighted by molar-refractivity contribution is 5.92. The standard InChI is InChI=1S/C26H33N3O4/c1-3-20-23(28-25(31)22(24(20)30)26(32)33)17-10-11-21-18(12-17)13-19(29(21)2)15-27-14-16-8-6-4-5-7-9-16/h10-13,16,27H,3-9,14-15H2,1-2H3,(H,32,33)(H2,28,30,31). The maximum Gasteiger partial charge on any atom is 0.345 e. The highest BCUT2D eigenvalue weighted by Gasteiger charge is 2.22. The van der Waals surface area contributed by atoms with E-state index in [0.29, 0.717) is 17.7 Å². The molecule has 1 fully saturated rings. The number of aromatic carboxylic acids is 1. The van der Waals surface area contributed by atoms with Gasteiger partial charge in [0, 0.05) is 35.8 Å². The van der Waals surface area contributed by atoms with E-state index in [9.17, 15) is 19.8 Å². The fourth-order valence-electron chi connectivity index (χ4n) is 5.12. The Hall–Kier alpha value is -3.06. The fourth-order valence-corrected chi connectivity index (χ4v) is 5.12. The van der Waals surface area contributed by atoms with E-state index in [4.69, 9.17) is 0 Å². The predicted octanol–water partition coefficient (Wildman–Crippen LogP) is 4.56. The molecule has 7 heteroatoms. The number of hydrogen-bond donors (Lipinski definition) is 4. The van der Waals surface area contributed by atoms with E-state index in [1.165, 1.54) is 44.2 Å². The maximum atomic E-state index is 12.3. The molecule has 1 saturated carbocycles. The van der Waals surface area contributed by atoms with E-state index in [2.05, 4.69) is 28.0 Å². The molecule has 4 N–H and O–H groups in total. The van der Waals surface area contributed by atoms with Crippen molar-refractivity contribution >= 4 is 16.9 Å². The number of hydrogen-bond acceptors (Lipinski definition) is 4. The number of aromatic amines is 1. The van der Waals surface area contributed by atoms with Crippen LogP contribution in [0.3, 0.4) is 0 Å². The Morgan fingerprint density at radius 3 is 2.58 bits per heavy atom. The Bertz CT molecular complexity index is 1220. The molecule has 2 aromatic heterocycles. The van der Waals surface area contributed by atoms with E-state index in [1.807, 2.05) is 25.1 Å². The molecular formula is C26H33N3O4. The minimum atomic E-state index is -1.44. The topological polar surface area (TPSA) is 107 Å². The number of pyridine rings is 1. The van der Waals surface area contributed by atoms with Gasteiger partial charge in [-0.25, -0.2) is 4.79 Å². The molecule has 1 aliphatic carbocycles. The summed E-state index contributed by atoms with van der Waals surface area (Å²) in [5.41, 5.74) is 2.48. The van der Waals surface area contributed by atoms with E-state index < -0.39 is 22.8 Å². The van der Waals surface area contributed by atoms with Gasteiger partial charge in [-0.1, -0.05) is 38.7 Å². The van der Waals surface area contributed by atoms with Crippen LogP contribution < -0.4 is 10.9 Å². The summed E-state index contributed by atoms with van der Waals surface area (Å²) in [6.45, 7) is 3.66. The van der Waals surface area contributed by atoms with Crippen molar-refractivity contribution in [1.29, 1.82) is 0 Å². The van der Waals surface area contributed by atoms with Crippen LogP contribution in [0.4, 0.5) is 0 Å². The number of aryl methyl sites for hydroxylation is 1. The van der Waals surface area contributed by atoms with Gasteiger partial charge in [0.15, 0.2) is 5.56 Å². The van der Waals surface area contributed by atoms with Gasteiger partial charge in [0.2, 0.25) is 0 Å². The third kappa shape index (κ3) is 4.69. The summed E-state index contributed by atoms with van der Waals surface area (Å²) in [5.74, 6) is -1.13. The Labute approximate surface area is 193 Å². The summed E-state index contributed by atoms with van der Waals surface area (Å²) in [6.07, 6.45) is 8.44. The fraction of sp³-hybridized carbons (Fsp3) is 0.462. The number of H-pyrrole nitrogens is 1. The van der Waals surface area contributed by atoms with Crippen LogP contribution in [-0.4, -0.2) is 32.3 Å². The second-order valence-corrected chi connectivity index (χ2v) is 9.15. The number of fused-ring (bicyclic) bond motifs is 1. The van der Waals surface area contributed by atoms with Crippen molar-refractivity contribution in [3.63, 3.8) is 0 Å². The molecule has 0 spiro atoms. The van der Waals surface area contributed by atoms with Gasteiger partial charge >= 0.3 is 5.97 Å². The molecule has 0 radical (unpaired) electrons. The summed E-state index contributed by atoms with van der Waals surface area (Å²) in [5, 5.41) is 24.4. The summed E-state index contributed by atoms with van der Waals surface area (Å²) in [4.78, 5) is 26.4. The summed E-state index contributed by atoms with van der Waals surface area (Å²) in [7, 11) is 2.05. The van der Waals surface area contributed by atoms with Crippen LogP contribution in [-0.2, 0) is 20.0 Å². The van der Waals surface area contributed by atoms with Gasteiger partial charge in [-0.05, 0) is 55.5 Å². The largest absolute Gasteiger partial charge is 0.506 e. The van der Waals surface area contributed by atoms with Gasteiger partial charge in [-0.2, -0.15) is 0 Å². The Morgan fingerprint density at radius 1 is 1.18 bits per heavy atom. The smallest absolute Gasteiger partial charge is 0.345 e. The molecule has 176 valence electrons. The van der Waals surface area contributed by atoms with Crippen molar-refractivity contribution < 1.29 is 15.0 Å². The molecule has 1 aromatic carbocycles. The lowest BCUT2D eigenvalue weighted by molar-refractivity contribution is 0.0691. The van der Waals surface area contributed by atoms with Crippen molar-refractivity contribution in [2.75, 3.05) is 6.54 Å². The normalized spacial score (nSPS) is 15.1. The van der Waals surface area contributed by atoms with E-state index in [0.717, 1.165) is 35.5 Å². The van der Waals surface area contributed by atoms with E-state index >= 15 is 0 Å². The van der Waals surface area contributed by atoms with Gasteiger partial charge in [0.05, 0.1) is 5.69 Å². The van der Waals surface area contributed by atoms with Crippen LogP contribution in [0.25, 0.3) is 22.2 Å². The molecule has 0 unspecified atom stereocenters. The van der Waals surface area contributed by atoms with Crippen LogP contribution in [0.1, 0.15) is 67.1 Å². The minimum Gasteiger partial charge on any atom is -0.506 e. The molecule has 4 rings (SSSR count). The number of benzene rings is 1. The molecule has 7 nitrogen and oxygen atoms in total. The number of rotatable bonds is 7. The minimum absolute atomic E-state index is 0.390. The van der Waals surface area contributed by atoms with Crippen LogP contribution in [0.5, 0.6) is 5.75 Å². The average molecular weight is 452 g/mol. The van der Waals surface area contributed by atoms with Crippen molar-refractivity contribution in [2.24, 2.45) is 13.0 Å². The molecule has 0 saturated heterocycles. The van der Waals surface area contributed by atoms with Crippen molar-refractivity contribution in [3.05, 3.63) is 51.4 Å². The number of aromatic nitrogens is 2. The molecule has 0 bridgehead atoms. The predicted molar refractivity (Wildman–Crippen MR) is 130 cm³/mol. The zero-order chi connectivity index (χ0) is 23.5. The Kier molecular flexibility index (Phi) is 6.88. The lowest BCUT2D eigenvalue weighted by Crippen LogP contribution is -2.23. The average Bonchev–Trinajstić information content (AvgIpc) is 2.93. The first-order valence-electron chi connectivity index (χ1n) is 11.9. The molecule has 1 aliphatic rings. The van der Waals surface area contributed by atoms with Crippen molar-refractivity contribution in [3.8, 4) is 17.0 Å². The first-order valence-corrected chi connectivity index (χ1v) is 11.9. The number of aromatic hydroxyl groups is 1.